The highest BCUT2D eigenvalue weighted by Crippen LogP contribution is 2.08. The van der Waals surface area contributed by atoms with Crippen molar-refractivity contribution in [3.63, 3.8) is 0 Å². The van der Waals surface area contributed by atoms with Gasteiger partial charge in [-0.15, -0.1) is 0 Å². The average molecular weight is 364 g/mol. The zero-order chi connectivity index (χ0) is 19.6. The van der Waals surface area contributed by atoms with Crippen LogP contribution in [-0.4, -0.2) is 67.8 Å². The summed E-state index contributed by atoms with van der Waals surface area (Å²) in [6.07, 6.45) is -4.85. The van der Waals surface area contributed by atoms with Gasteiger partial charge in [0, 0.05) is 14.2 Å². The second-order valence-electron chi connectivity index (χ2n) is 5.09. The van der Waals surface area contributed by atoms with Crippen LogP contribution in [0.15, 0.2) is 0 Å². The minimum atomic E-state index is -1.29. The summed E-state index contributed by atoms with van der Waals surface area (Å²) in [5, 5.41) is 8.46. The van der Waals surface area contributed by atoms with E-state index in [1.165, 1.54) is 35.0 Å². The molecule has 0 aliphatic heterocycles. The van der Waals surface area contributed by atoms with Crippen LogP contribution < -0.4 is 0 Å². The van der Waals surface area contributed by atoms with Crippen LogP contribution in [0.1, 0.15) is 33.6 Å². The summed E-state index contributed by atoms with van der Waals surface area (Å²) in [7, 11) is 2.75. The molecule has 0 amide bonds. The molecule has 0 aromatic heterocycles. The zero-order valence-corrected chi connectivity index (χ0v) is 14.8. The Morgan fingerprint density at radius 1 is 0.800 bits per heavy atom. The lowest BCUT2D eigenvalue weighted by atomic mass is 10.3. The van der Waals surface area contributed by atoms with E-state index in [0.717, 1.165) is 0 Å². The molecular formula is C15H24O10. The number of carbonyl (C=O) groups is 4. The molecular weight excluding hydrogens is 340 g/mol. The average Bonchev–Trinajstić information content (AvgIpc) is 2.53. The van der Waals surface area contributed by atoms with Gasteiger partial charge in [-0.25, -0.2) is 9.59 Å². The van der Waals surface area contributed by atoms with Crippen molar-refractivity contribution in [2.24, 2.45) is 0 Å². The summed E-state index contributed by atoms with van der Waals surface area (Å²) in [5.41, 5.74) is 0. The summed E-state index contributed by atoms with van der Waals surface area (Å²) < 4.78 is 24.5. The van der Waals surface area contributed by atoms with Gasteiger partial charge < -0.3 is 28.8 Å². The van der Waals surface area contributed by atoms with Gasteiger partial charge in [0.25, 0.3) is 0 Å². The van der Waals surface area contributed by atoms with Crippen molar-refractivity contribution in [3.05, 3.63) is 0 Å². The fourth-order valence-corrected chi connectivity index (χ4v) is 1.65. The molecule has 3 atom stereocenters. The standard InChI is InChI=1S/C15H24O10/c1-8(23-12(18)7-6-11(16)17)13(19)24-9(2)14(20)25-10(3)15(21-4)22-5/h8-10,15H,6-7H2,1-5H3,(H,16,17). The first-order chi connectivity index (χ1) is 11.6. The van der Waals surface area contributed by atoms with Crippen molar-refractivity contribution < 1.29 is 48.0 Å². The van der Waals surface area contributed by atoms with Crippen molar-refractivity contribution >= 4 is 23.9 Å². The molecule has 0 rings (SSSR count). The Bertz CT molecular complexity index is 471. The van der Waals surface area contributed by atoms with Crippen molar-refractivity contribution in [2.45, 2.75) is 58.2 Å². The Morgan fingerprint density at radius 3 is 1.76 bits per heavy atom. The summed E-state index contributed by atoms with van der Waals surface area (Å²) in [4.78, 5) is 45.4. The minimum Gasteiger partial charge on any atom is -0.481 e. The molecule has 3 unspecified atom stereocenters. The van der Waals surface area contributed by atoms with Crippen LogP contribution in [-0.2, 0) is 42.9 Å². The number of carboxylic acid groups (broad SMARTS) is 1. The summed E-state index contributed by atoms with van der Waals surface area (Å²) in [6.45, 7) is 4.07. The lowest BCUT2D eigenvalue weighted by Gasteiger charge is -2.23. The Labute approximate surface area is 145 Å². The van der Waals surface area contributed by atoms with Gasteiger partial charge in [-0.3, -0.25) is 9.59 Å². The van der Waals surface area contributed by atoms with Gasteiger partial charge in [0.15, 0.2) is 18.5 Å². The third-order valence-electron chi connectivity index (χ3n) is 2.96. The molecule has 10 heteroatoms. The zero-order valence-electron chi connectivity index (χ0n) is 14.8. The van der Waals surface area contributed by atoms with Crippen LogP contribution in [0.3, 0.4) is 0 Å². The highest BCUT2D eigenvalue weighted by Gasteiger charge is 2.28. The second-order valence-corrected chi connectivity index (χ2v) is 5.09. The number of carboxylic acids is 1. The number of rotatable bonds is 11. The van der Waals surface area contributed by atoms with Crippen molar-refractivity contribution in [1.29, 1.82) is 0 Å². The first kappa shape index (κ1) is 22.8. The Balaban J connectivity index is 4.40. The fourth-order valence-electron chi connectivity index (χ4n) is 1.65. The predicted octanol–water partition coefficient (Wildman–Crippen LogP) is 0.265. The Kier molecular flexibility index (Phi) is 10.4. The van der Waals surface area contributed by atoms with Crippen LogP contribution in [0.4, 0.5) is 0 Å². The summed E-state index contributed by atoms with van der Waals surface area (Å²) in [6, 6.07) is 0. The van der Waals surface area contributed by atoms with Crippen LogP contribution in [0.5, 0.6) is 0 Å². The SMILES string of the molecule is COC(OC)C(C)OC(=O)C(C)OC(=O)C(C)OC(=O)CCC(=O)O. The number of ether oxygens (including phenoxy) is 5. The van der Waals surface area contributed by atoms with E-state index in [-0.39, 0.29) is 6.42 Å². The van der Waals surface area contributed by atoms with E-state index >= 15 is 0 Å². The molecule has 0 bridgehead atoms. The Hall–Kier alpha value is -2.20. The molecule has 0 saturated heterocycles. The number of methoxy groups -OCH3 is 2. The van der Waals surface area contributed by atoms with E-state index < -0.39 is 54.9 Å². The summed E-state index contributed by atoms with van der Waals surface area (Å²) in [5.74, 6) is -3.82. The van der Waals surface area contributed by atoms with Crippen LogP contribution in [0, 0.1) is 0 Å². The van der Waals surface area contributed by atoms with Gasteiger partial charge in [-0.2, -0.15) is 0 Å². The number of carbonyl (C=O) groups excluding carboxylic acids is 3. The predicted molar refractivity (Wildman–Crippen MR) is 81.3 cm³/mol. The molecule has 0 radical (unpaired) electrons. The van der Waals surface area contributed by atoms with Crippen LogP contribution >= 0.6 is 0 Å². The molecule has 10 nitrogen and oxygen atoms in total. The molecule has 0 fully saturated rings. The molecule has 0 aromatic rings. The highest BCUT2D eigenvalue weighted by atomic mass is 16.7. The van der Waals surface area contributed by atoms with E-state index in [2.05, 4.69) is 0 Å². The first-order valence-electron chi connectivity index (χ1n) is 7.50. The smallest absolute Gasteiger partial charge is 0.347 e. The van der Waals surface area contributed by atoms with E-state index in [9.17, 15) is 19.2 Å². The molecule has 0 aromatic carbocycles. The van der Waals surface area contributed by atoms with E-state index in [1.807, 2.05) is 0 Å². The fraction of sp³-hybridized carbons (Fsp3) is 0.733. The number of hydrogen-bond donors (Lipinski definition) is 1. The van der Waals surface area contributed by atoms with Crippen molar-refractivity contribution in [1.82, 2.24) is 0 Å². The molecule has 144 valence electrons. The van der Waals surface area contributed by atoms with Gasteiger partial charge >= 0.3 is 23.9 Å². The Morgan fingerprint density at radius 2 is 1.28 bits per heavy atom. The molecule has 0 saturated carbocycles. The van der Waals surface area contributed by atoms with Crippen LogP contribution in [0.25, 0.3) is 0 Å². The maximum Gasteiger partial charge on any atom is 0.347 e. The second kappa shape index (κ2) is 11.4. The van der Waals surface area contributed by atoms with Crippen molar-refractivity contribution in [2.75, 3.05) is 14.2 Å². The third-order valence-corrected chi connectivity index (χ3v) is 2.96. The van der Waals surface area contributed by atoms with Gasteiger partial charge in [-0.05, 0) is 20.8 Å². The maximum atomic E-state index is 11.9. The van der Waals surface area contributed by atoms with Gasteiger partial charge in [-0.1, -0.05) is 0 Å². The lowest BCUT2D eigenvalue weighted by molar-refractivity contribution is -0.198. The first-order valence-corrected chi connectivity index (χ1v) is 7.50. The monoisotopic (exact) mass is 364 g/mol. The van der Waals surface area contributed by atoms with Crippen molar-refractivity contribution in [3.8, 4) is 0 Å². The highest BCUT2D eigenvalue weighted by molar-refractivity contribution is 5.83. The lowest BCUT2D eigenvalue weighted by Crippen LogP contribution is -2.37. The van der Waals surface area contributed by atoms with E-state index in [1.54, 1.807) is 0 Å². The normalized spacial score (nSPS) is 14.3. The molecule has 1 N–H and O–H groups in total. The third kappa shape index (κ3) is 9.01. The maximum absolute atomic E-state index is 11.9. The van der Waals surface area contributed by atoms with Gasteiger partial charge in [0.05, 0.1) is 12.8 Å². The topological polar surface area (TPSA) is 135 Å². The molecule has 0 aliphatic carbocycles. The van der Waals surface area contributed by atoms with Crippen LogP contribution in [0.2, 0.25) is 0 Å². The molecule has 25 heavy (non-hydrogen) atoms. The number of aliphatic carboxylic acids is 1. The molecule has 0 spiro atoms. The quantitative estimate of drug-likeness (QED) is 0.309. The largest absolute Gasteiger partial charge is 0.481 e. The minimum absolute atomic E-state index is 0.377. The number of hydrogen-bond acceptors (Lipinski definition) is 9. The van der Waals surface area contributed by atoms with E-state index in [0.29, 0.717) is 0 Å². The van der Waals surface area contributed by atoms with Gasteiger partial charge in [0.2, 0.25) is 0 Å². The molecule has 0 heterocycles. The number of esters is 3. The molecule has 0 aliphatic rings. The van der Waals surface area contributed by atoms with E-state index in [4.69, 9.17) is 28.8 Å². The summed E-state index contributed by atoms with van der Waals surface area (Å²) >= 11 is 0. The van der Waals surface area contributed by atoms with Gasteiger partial charge in [0.1, 0.15) is 6.10 Å².